The summed E-state index contributed by atoms with van der Waals surface area (Å²) in [5, 5.41) is 7.48. The number of hydrogen-bond donors (Lipinski definition) is 1. The summed E-state index contributed by atoms with van der Waals surface area (Å²) in [6.45, 7) is 3.02. The topological polar surface area (TPSA) is 51.0 Å². The molecule has 0 radical (unpaired) electrons. The van der Waals surface area contributed by atoms with E-state index in [4.69, 9.17) is 4.52 Å². The standard InChI is InChI=1S/C15H19N3O/c1-11-3-2-4-12(9-11)10-14-17-15(19-18-14)7-8-16-13-5-6-13/h2-4,9,13,16H,5-8,10H2,1H3. The first-order valence-corrected chi connectivity index (χ1v) is 6.90. The first-order valence-electron chi connectivity index (χ1n) is 6.90. The van der Waals surface area contributed by atoms with Crippen LogP contribution in [-0.4, -0.2) is 22.7 Å². The highest BCUT2D eigenvalue weighted by atomic mass is 16.5. The van der Waals surface area contributed by atoms with Crippen molar-refractivity contribution in [2.24, 2.45) is 0 Å². The molecule has 1 aromatic carbocycles. The summed E-state index contributed by atoms with van der Waals surface area (Å²) >= 11 is 0. The van der Waals surface area contributed by atoms with Gasteiger partial charge in [-0.1, -0.05) is 35.0 Å². The average Bonchev–Trinajstić information content (AvgIpc) is 3.10. The molecule has 1 heterocycles. The summed E-state index contributed by atoms with van der Waals surface area (Å²) in [4.78, 5) is 4.43. The van der Waals surface area contributed by atoms with Gasteiger partial charge in [0.25, 0.3) is 0 Å². The Morgan fingerprint density at radius 1 is 1.37 bits per heavy atom. The van der Waals surface area contributed by atoms with Crippen LogP contribution < -0.4 is 5.32 Å². The van der Waals surface area contributed by atoms with Crippen LogP contribution in [0.15, 0.2) is 28.8 Å². The van der Waals surface area contributed by atoms with Crippen molar-refractivity contribution in [1.29, 1.82) is 0 Å². The van der Waals surface area contributed by atoms with Gasteiger partial charge in [-0.2, -0.15) is 4.98 Å². The highest BCUT2D eigenvalue weighted by Gasteiger charge is 2.20. The van der Waals surface area contributed by atoms with Gasteiger partial charge in [-0.15, -0.1) is 0 Å². The summed E-state index contributed by atoms with van der Waals surface area (Å²) in [6.07, 6.45) is 4.17. The van der Waals surface area contributed by atoms with E-state index in [1.165, 1.54) is 24.0 Å². The SMILES string of the molecule is Cc1cccc(Cc2noc(CCNC3CC3)n2)c1. The van der Waals surface area contributed by atoms with Crippen LogP contribution in [0, 0.1) is 6.92 Å². The third kappa shape index (κ3) is 3.64. The van der Waals surface area contributed by atoms with Crippen LogP contribution in [0.3, 0.4) is 0 Å². The zero-order valence-corrected chi connectivity index (χ0v) is 11.2. The van der Waals surface area contributed by atoms with E-state index in [1.54, 1.807) is 0 Å². The Morgan fingerprint density at radius 2 is 2.26 bits per heavy atom. The van der Waals surface area contributed by atoms with Crippen LogP contribution in [0.5, 0.6) is 0 Å². The number of aryl methyl sites for hydroxylation is 1. The molecule has 0 spiro atoms. The van der Waals surface area contributed by atoms with Crippen molar-refractivity contribution in [2.45, 2.75) is 38.6 Å². The van der Waals surface area contributed by atoms with E-state index in [2.05, 4.69) is 46.6 Å². The molecule has 100 valence electrons. The molecule has 2 aromatic rings. The Labute approximate surface area is 113 Å². The molecule has 1 aliphatic carbocycles. The molecule has 0 saturated heterocycles. The first kappa shape index (κ1) is 12.4. The first-order chi connectivity index (χ1) is 9.29. The summed E-state index contributed by atoms with van der Waals surface area (Å²) in [7, 11) is 0. The van der Waals surface area contributed by atoms with Crippen molar-refractivity contribution in [3.05, 3.63) is 47.1 Å². The predicted octanol–water partition coefficient (Wildman–Crippen LogP) is 2.26. The smallest absolute Gasteiger partial charge is 0.227 e. The van der Waals surface area contributed by atoms with Crippen LogP contribution >= 0.6 is 0 Å². The largest absolute Gasteiger partial charge is 0.339 e. The quantitative estimate of drug-likeness (QED) is 0.862. The van der Waals surface area contributed by atoms with Gasteiger partial charge in [0.15, 0.2) is 5.82 Å². The molecule has 1 saturated carbocycles. The zero-order chi connectivity index (χ0) is 13.1. The Morgan fingerprint density at radius 3 is 3.05 bits per heavy atom. The Balaban J connectivity index is 1.54. The molecule has 4 heteroatoms. The number of hydrogen-bond acceptors (Lipinski definition) is 4. The summed E-state index contributed by atoms with van der Waals surface area (Å²) in [6, 6.07) is 9.14. The molecule has 4 nitrogen and oxygen atoms in total. The molecular weight excluding hydrogens is 238 g/mol. The second-order valence-electron chi connectivity index (χ2n) is 5.25. The maximum atomic E-state index is 5.27. The predicted molar refractivity (Wildman–Crippen MR) is 73.0 cm³/mol. The Hall–Kier alpha value is -1.68. The van der Waals surface area contributed by atoms with Crippen LogP contribution in [0.1, 0.15) is 35.7 Å². The molecule has 0 aliphatic heterocycles. The van der Waals surface area contributed by atoms with E-state index in [-0.39, 0.29) is 0 Å². The third-order valence-electron chi connectivity index (χ3n) is 3.30. The molecule has 1 N–H and O–H groups in total. The maximum absolute atomic E-state index is 5.27. The zero-order valence-electron chi connectivity index (χ0n) is 11.2. The Bertz CT molecular complexity index is 546. The van der Waals surface area contributed by atoms with Crippen molar-refractivity contribution < 1.29 is 4.52 Å². The van der Waals surface area contributed by atoms with Gasteiger partial charge in [0, 0.05) is 25.4 Å². The van der Waals surface area contributed by atoms with Gasteiger partial charge < -0.3 is 9.84 Å². The molecule has 1 aromatic heterocycles. The molecule has 0 amide bonds. The summed E-state index contributed by atoms with van der Waals surface area (Å²) < 4.78 is 5.27. The van der Waals surface area contributed by atoms with Crippen LogP contribution in [0.4, 0.5) is 0 Å². The normalized spacial score (nSPS) is 14.8. The minimum absolute atomic E-state index is 0.731. The van der Waals surface area contributed by atoms with Crippen molar-refractivity contribution in [3.8, 4) is 0 Å². The lowest BCUT2D eigenvalue weighted by molar-refractivity contribution is 0.371. The molecule has 0 bridgehead atoms. The van der Waals surface area contributed by atoms with Crippen molar-refractivity contribution >= 4 is 0 Å². The lowest BCUT2D eigenvalue weighted by Crippen LogP contribution is -2.19. The molecule has 0 unspecified atom stereocenters. The monoisotopic (exact) mass is 257 g/mol. The minimum Gasteiger partial charge on any atom is -0.339 e. The number of nitrogens with one attached hydrogen (secondary N) is 1. The Kier molecular flexibility index (Phi) is 3.60. The average molecular weight is 257 g/mol. The van der Waals surface area contributed by atoms with Crippen LogP contribution in [0.2, 0.25) is 0 Å². The lowest BCUT2D eigenvalue weighted by Gasteiger charge is -1.98. The van der Waals surface area contributed by atoms with E-state index in [0.29, 0.717) is 0 Å². The fraction of sp³-hybridized carbons (Fsp3) is 0.467. The fourth-order valence-corrected chi connectivity index (χ4v) is 2.14. The minimum atomic E-state index is 0.731. The second kappa shape index (κ2) is 5.53. The molecule has 19 heavy (non-hydrogen) atoms. The number of nitrogens with zero attached hydrogens (tertiary/aromatic N) is 2. The van der Waals surface area contributed by atoms with Crippen molar-refractivity contribution in [3.63, 3.8) is 0 Å². The lowest BCUT2D eigenvalue weighted by atomic mass is 10.1. The fourth-order valence-electron chi connectivity index (χ4n) is 2.14. The highest BCUT2D eigenvalue weighted by molar-refractivity contribution is 5.24. The highest BCUT2D eigenvalue weighted by Crippen LogP contribution is 2.18. The molecule has 3 rings (SSSR count). The van der Waals surface area contributed by atoms with Gasteiger partial charge in [0.05, 0.1) is 0 Å². The van der Waals surface area contributed by atoms with E-state index >= 15 is 0 Å². The van der Waals surface area contributed by atoms with Gasteiger partial charge in [-0.25, -0.2) is 0 Å². The van der Waals surface area contributed by atoms with Crippen molar-refractivity contribution in [1.82, 2.24) is 15.5 Å². The summed E-state index contributed by atoms with van der Waals surface area (Å²) in [5.74, 6) is 1.50. The van der Waals surface area contributed by atoms with Crippen LogP contribution in [0.25, 0.3) is 0 Å². The number of rotatable bonds is 6. The van der Waals surface area contributed by atoms with Gasteiger partial charge in [-0.05, 0) is 25.3 Å². The molecular formula is C15H19N3O. The third-order valence-corrected chi connectivity index (χ3v) is 3.30. The number of aromatic nitrogens is 2. The second-order valence-corrected chi connectivity index (χ2v) is 5.25. The van der Waals surface area contributed by atoms with Gasteiger partial charge in [-0.3, -0.25) is 0 Å². The van der Waals surface area contributed by atoms with E-state index in [0.717, 1.165) is 37.1 Å². The molecule has 0 atom stereocenters. The molecule has 1 aliphatic rings. The van der Waals surface area contributed by atoms with Crippen LogP contribution in [-0.2, 0) is 12.8 Å². The molecule has 1 fully saturated rings. The van der Waals surface area contributed by atoms with Crippen molar-refractivity contribution in [2.75, 3.05) is 6.54 Å². The van der Waals surface area contributed by atoms with E-state index in [1.807, 2.05) is 0 Å². The summed E-state index contributed by atoms with van der Waals surface area (Å²) in [5.41, 5.74) is 2.48. The maximum Gasteiger partial charge on any atom is 0.227 e. The van der Waals surface area contributed by atoms with Gasteiger partial charge >= 0.3 is 0 Å². The number of benzene rings is 1. The van der Waals surface area contributed by atoms with Gasteiger partial charge in [0.1, 0.15) is 0 Å². The van der Waals surface area contributed by atoms with E-state index < -0.39 is 0 Å². The van der Waals surface area contributed by atoms with Gasteiger partial charge in [0.2, 0.25) is 5.89 Å². The van der Waals surface area contributed by atoms with E-state index in [9.17, 15) is 0 Å².